The molecule has 6 heteroatoms. The molecule has 6 nitrogen and oxygen atoms in total. The molecule has 136 valence electrons. The van der Waals surface area contributed by atoms with Crippen LogP contribution in [0.2, 0.25) is 0 Å². The van der Waals surface area contributed by atoms with E-state index in [-0.39, 0.29) is 5.91 Å². The Hall–Kier alpha value is -2.86. The minimum atomic E-state index is -0.623. The van der Waals surface area contributed by atoms with Crippen LogP contribution in [0.5, 0.6) is 5.75 Å². The molecule has 2 aromatic carbocycles. The van der Waals surface area contributed by atoms with Crippen molar-refractivity contribution in [3.63, 3.8) is 0 Å². The SMILES string of the molecule is COC(=O)c1ccc2c(c1)N(Cc1ccc(C)cc1)C(=O)C(CCN)O2. The molecule has 0 spiro atoms. The number of hydrogen-bond acceptors (Lipinski definition) is 5. The Morgan fingerprint density at radius 3 is 2.62 bits per heavy atom. The van der Waals surface area contributed by atoms with Crippen LogP contribution in [0.25, 0.3) is 0 Å². The van der Waals surface area contributed by atoms with Gasteiger partial charge in [-0.25, -0.2) is 4.79 Å². The van der Waals surface area contributed by atoms with Gasteiger partial charge in [0.1, 0.15) is 5.75 Å². The summed E-state index contributed by atoms with van der Waals surface area (Å²) in [6.45, 7) is 2.75. The number of nitrogens with two attached hydrogens (primary N) is 1. The Balaban J connectivity index is 2.00. The summed E-state index contributed by atoms with van der Waals surface area (Å²) in [7, 11) is 1.32. The van der Waals surface area contributed by atoms with E-state index in [4.69, 9.17) is 15.2 Å². The predicted octanol–water partition coefficient (Wildman–Crippen LogP) is 2.42. The Morgan fingerprint density at radius 2 is 1.96 bits per heavy atom. The monoisotopic (exact) mass is 354 g/mol. The van der Waals surface area contributed by atoms with Crippen LogP contribution in [0.3, 0.4) is 0 Å². The van der Waals surface area contributed by atoms with Crippen LogP contribution in [-0.2, 0) is 16.1 Å². The van der Waals surface area contributed by atoms with Gasteiger partial charge in [0.15, 0.2) is 6.10 Å². The van der Waals surface area contributed by atoms with Gasteiger partial charge in [-0.15, -0.1) is 0 Å². The topological polar surface area (TPSA) is 81.9 Å². The Labute approximate surface area is 152 Å². The molecule has 1 heterocycles. The fraction of sp³-hybridized carbons (Fsp3) is 0.300. The summed E-state index contributed by atoms with van der Waals surface area (Å²) in [5.74, 6) is -0.0621. The van der Waals surface area contributed by atoms with E-state index in [2.05, 4.69) is 0 Å². The van der Waals surface area contributed by atoms with Crippen molar-refractivity contribution < 1.29 is 19.1 Å². The van der Waals surface area contributed by atoms with Gasteiger partial charge >= 0.3 is 5.97 Å². The molecule has 1 amide bonds. The first-order valence-electron chi connectivity index (χ1n) is 8.49. The van der Waals surface area contributed by atoms with E-state index in [9.17, 15) is 9.59 Å². The van der Waals surface area contributed by atoms with Crippen molar-refractivity contribution >= 4 is 17.6 Å². The van der Waals surface area contributed by atoms with Gasteiger partial charge in [-0.1, -0.05) is 29.8 Å². The molecule has 0 radical (unpaired) electrons. The number of amides is 1. The van der Waals surface area contributed by atoms with Gasteiger partial charge in [0, 0.05) is 6.42 Å². The minimum Gasteiger partial charge on any atom is -0.478 e. The zero-order chi connectivity index (χ0) is 18.7. The molecule has 1 aliphatic rings. The van der Waals surface area contributed by atoms with Gasteiger partial charge in [-0.2, -0.15) is 0 Å². The largest absolute Gasteiger partial charge is 0.478 e. The fourth-order valence-electron chi connectivity index (χ4n) is 2.94. The van der Waals surface area contributed by atoms with Crippen molar-refractivity contribution in [2.24, 2.45) is 5.73 Å². The fourth-order valence-corrected chi connectivity index (χ4v) is 2.94. The number of carbonyl (C=O) groups excluding carboxylic acids is 2. The first-order chi connectivity index (χ1) is 12.5. The van der Waals surface area contributed by atoms with Crippen LogP contribution in [-0.4, -0.2) is 31.6 Å². The number of rotatable bonds is 5. The Bertz CT molecular complexity index is 817. The molecule has 2 N–H and O–H groups in total. The van der Waals surface area contributed by atoms with Crippen molar-refractivity contribution in [3.8, 4) is 5.75 Å². The average Bonchev–Trinajstić information content (AvgIpc) is 2.66. The number of carbonyl (C=O) groups is 2. The highest BCUT2D eigenvalue weighted by molar-refractivity contribution is 6.01. The van der Waals surface area contributed by atoms with Crippen molar-refractivity contribution in [1.82, 2.24) is 0 Å². The van der Waals surface area contributed by atoms with Crippen molar-refractivity contribution in [1.29, 1.82) is 0 Å². The van der Waals surface area contributed by atoms with Crippen LogP contribution in [0.4, 0.5) is 5.69 Å². The normalized spacial score (nSPS) is 16.0. The van der Waals surface area contributed by atoms with Gasteiger partial charge < -0.3 is 20.1 Å². The third-order valence-corrected chi connectivity index (χ3v) is 4.37. The number of fused-ring (bicyclic) bond motifs is 1. The maximum Gasteiger partial charge on any atom is 0.337 e. The number of nitrogens with zero attached hydrogens (tertiary/aromatic N) is 1. The summed E-state index contributed by atoms with van der Waals surface area (Å²) >= 11 is 0. The molecule has 1 atom stereocenters. The number of ether oxygens (including phenoxy) is 2. The Morgan fingerprint density at radius 1 is 1.23 bits per heavy atom. The molecule has 1 aliphatic heterocycles. The molecule has 0 saturated heterocycles. The summed E-state index contributed by atoms with van der Waals surface area (Å²) < 4.78 is 10.6. The zero-order valence-electron chi connectivity index (χ0n) is 14.9. The molecule has 0 fully saturated rings. The van der Waals surface area contributed by atoms with Crippen molar-refractivity contribution in [2.75, 3.05) is 18.6 Å². The summed E-state index contributed by atoms with van der Waals surface area (Å²) in [6, 6.07) is 12.9. The average molecular weight is 354 g/mol. The highest BCUT2D eigenvalue weighted by Crippen LogP contribution is 2.36. The van der Waals surface area contributed by atoms with E-state index in [0.29, 0.717) is 36.5 Å². The number of hydrogen-bond donors (Lipinski definition) is 1. The lowest BCUT2D eigenvalue weighted by Gasteiger charge is -2.34. The van der Waals surface area contributed by atoms with Gasteiger partial charge in [0.05, 0.1) is 24.9 Å². The Kier molecular flexibility index (Phi) is 5.23. The van der Waals surface area contributed by atoms with Crippen molar-refractivity contribution in [3.05, 3.63) is 59.2 Å². The van der Waals surface area contributed by atoms with Crippen LogP contribution in [0.1, 0.15) is 27.9 Å². The highest BCUT2D eigenvalue weighted by Gasteiger charge is 2.34. The lowest BCUT2D eigenvalue weighted by Crippen LogP contribution is -2.46. The standard InChI is InChI=1S/C20H22N2O4/c1-13-3-5-14(6-4-13)12-22-16-11-15(20(24)25-2)7-8-17(16)26-18(9-10-21)19(22)23/h3-8,11,18H,9-10,12,21H2,1-2H3. The lowest BCUT2D eigenvalue weighted by atomic mass is 10.1. The second-order valence-electron chi connectivity index (χ2n) is 6.27. The molecule has 0 bridgehead atoms. The molecule has 1 unspecified atom stereocenters. The highest BCUT2D eigenvalue weighted by atomic mass is 16.5. The van der Waals surface area contributed by atoms with E-state index in [1.165, 1.54) is 7.11 Å². The summed E-state index contributed by atoms with van der Waals surface area (Å²) in [5, 5.41) is 0. The number of methoxy groups -OCH3 is 1. The van der Waals surface area contributed by atoms with Gasteiger partial charge in [0.25, 0.3) is 5.91 Å². The number of esters is 1. The molecular formula is C20H22N2O4. The summed E-state index contributed by atoms with van der Waals surface area (Å²) in [6.07, 6.45) is -0.191. The number of benzene rings is 2. The van der Waals surface area contributed by atoms with Gasteiger partial charge in [0.2, 0.25) is 0 Å². The maximum absolute atomic E-state index is 12.9. The first-order valence-corrected chi connectivity index (χ1v) is 8.49. The molecular weight excluding hydrogens is 332 g/mol. The number of anilines is 1. The smallest absolute Gasteiger partial charge is 0.337 e. The predicted molar refractivity (Wildman–Crippen MR) is 98.2 cm³/mol. The quantitative estimate of drug-likeness (QED) is 0.834. The molecule has 3 rings (SSSR count). The van der Waals surface area contributed by atoms with Crippen molar-refractivity contribution in [2.45, 2.75) is 26.0 Å². The molecule has 0 aromatic heterocycles. The summed E-state index contributed by atoms with van der Waals surface area (Å²) in [5.41, 5.74) is 8.70. The van der Waals surface area contributed by atoms with E-state index in [0.717, 1.165) is 11.1 Å². The second kappa shape index (κ2) is 7.58. The van der Waals surface area contributed by atoms with Crippen LogP contribution in [0, 0.1) is 6.92 Å². The molecule has 2 aromatic rings. The lowest BCUT2D eigenvalue weighted by molar-refractivity contribution is -0.126. The molecule has 0 aliphatic carbocycles. The van der Waals surface area contributed by atoms with Crippen LogP contribution in [0.15, 0.2) is 42.5 Å². The molecule has 26 heavy (non-hydrogen) atoms. The van der Waals surface area contributed by atoms with E-state index >= 15 is 0 Å². The third kappa shape index (κ3) is 3.55. The van der Waals surface area contributed by atoms with Gasteiger partial charge in [-0.3, -0.25) is 4.79 Å². The number of aryl methyl sites for hydroxylation is 1. The van der Waals surface area contributed by atoms with Crippen LogP contribution < -0.4 is 15.4 Å². The third-order valence-electron chi connectivity index (χ3n) is 4.37. The van der Waals surface area contributed by atoms with E-state index in [1.54, 1.807) is 23.1 Å². The zero-order valence-corrected chi connectivity index (χ0v) is 14.9. The maximum atomic E-state index is 12.9. The van der Waals surface area contributed by atoms with Crippen LogP contribution >= 0.6 is 0 Å². The first kappa shape index (κ1) is 17.9. The van der Waals surface area contributed by atoms with E-state index in [1.807, 2.05) is 31.2 Å². The molecule has 0 saturated carbocycles. The van der Waals surface area contributed by atoms with Gasteiger partial charge in [-0.05, 0) is 37.2 Å². The van der Waals surface area contributed by atoms with E-state index < -0.39 is 12.1 Å². The second-order valence-corrected chi connectivity index (χ2v) is 6.27. The summed E-state index contributed by atoms with van der Waals surface area (Å²) in [4.78, 5) is 26.4. The minimum absolute atomic E-state index is 0.162.